The zero-order valence-corrected chi connectivity index (χ0v) is 12.2. The Morgan fingerprint density at radius 2 is 1.83 bits per heavy atom. The monoisotopic (exact) mass is 301 g/mol. The van der Waals surface area contributed by atoms with Gasteiger partial charge in [-0.15, -0.1) is 0 Å². The van der Waals surface area contributed by atoms with E-state index in [1.54, 1.807) is 24.3 Å². The summed E-state index contributed by atoms with van der Waals surface area (Å²) in [5.41, 5.74) is 2.22. The maximum Gasteiger partial charge on any atom is 0.131 e. The molecule has 0 saturated heterocycles. The zero-order valence-electron chi connectivity index (χ0n) is 12.2. The standard InChI is InChI=1S/C19H12FN3/c20-18-7-3-1-5-16(18)14(12-22)11-15-13-23(10-9-21)19-8-4-2-6-17(15)19/h1-8,11,13H,10H2/b14-11-. The Bertz CT molecular complexity index is 984. The van der Waals surface area contributed by atoms with Crippen LogP contribution in [0.2, 0.25) is 0 Å². The van der Waals surface area contributed by atoms with Crippen molar-refractivity contribution in [2.45, 2.75) is 6.54 Å². The number of halogens is 1. The van der Waals surface area contributed by atoms with E-state index < -0.39 is 5.82 Å². The molecule has 3 nitrogen and oxygen atoms in total. The predicted octanol–water partition coefficient (Wildman–Crippen LogP) is 4.37. The highest BCUT2D eigenvalue weighted by Gasteiger charge is 2.10. The molecular weight excluding hydrogens is 289 g/mol. The molecule has 0 bridgehead atoms. The van der Waals surface area contributed by atoms with E-state index in [1.807, 2.05) is 35.0 Å². The van der Waals surface area contributed by atoms with Gasteiger partial charge in [-0.1, -0.05) is 36.4 Å². The first kappa shape index (κ1) is 14.6. The lowest BCUT2D eigenvalue weighted by Gasteiger charge is -2.00. The third-order valence-electron chi connectivity index (χ3n) is 3.64. The summed E-state index contributed by atoms with van der Waals surface area (Å²) in [6.45, 7) is 0.218. The van der Waals surface area contributed by atoms with Crippen LogP contribution in [-0.4, -0.2) is 4.57 Å². The average molecular weight is 301 g/mol. The van der Waals surface area contributed by atoms with Crippen molar-refractivity contribution in [1.29, 1.82) is 10.5 Å². The molecule has 0 aliphatic carbocycles. The third kappa shape index (κ3) is 2.71. The second-order valence-corrected chi connectivity index (χ2v) is 5.04. The molecule has 0 unspecified atom stereocenters. The van der Waals surface area contributed by atoms with Gasteiger partial charge in [-0.25, -0.2) is 4.39 Å². The number of fused-ring (bicyclic) bond motifs is 1. The third-order valence-corrected chi connectivity index (χ3v) is 3.64. The quantitative estimate of drug-likeness (QED) is 0.675. The van der Waals surface area contributed by atoms with Gasteiger partial charge in [0.2, 0.25) is 0 Å². The van der Waals surface area contributed by atoms with Crippen molar-refractivity contribution in [1.82, 2.24) is 4.57 Å². The SMILES string of the molecule is N#CCn1cc(/C=C(/C#N)c2ccccc2F)c2ccccc21. The Labute approximate surface area is 133 Å². The maximum absolute atomic E-state index is 13.9. The van der Waals surface area contributed by atoms with Gasteiger partial charge < -0.3 is 4.57 Å². The van der Waals surface area contributed by atoms with E-state index in [4.69, 9.17) is 5.26 Å². The van der Waals surface area contributed by atoms with E-state index in [-0.39, 0.29) is 17.7 Å². The lowest BCUT2D eigenvalue weighted by atomic mass is 10.0. The Balaban J connectivity index is 2.19. The molecule has 0 atom stereocenters. The van der Waals surface area contributed by atoms with Crippen LogP contribution in [0.25, 0.3) is 22.6 Å². The minimum Gasteiger partial charge on any atom is -0.333 e. The highest BCUT2D eigenvalue weighted by Crippen LogP contribution is 2.26. The number of hydrogen-bond acceptors (Lipinski definition) is 2. The Kier molecular flexibility index (Phi) is 3.91. The summed E-state index contributed by atoms with van der Waals surface area (Å²) in [5.74, 6) is -0.430. The minimum absolute atomic E-state index is 0.218. The molecule has 0 aliphatic rings. The van der Waals surface area contributed by atoms with Crippen molar-refractivity contribution in [3.05, 3.63) is 71.7 Å². The Hall–Kier alpha value is -3.37. The molecule has 1 aromatic heterocycles. The van der Waals surface area contributed by atoms with Gasteiger partial charge in [-0.2, -0.15) is 10.5 Å². The number of aromatic nitrogens is 1. The van der Waals surface area contributed by atoms with Crippen molar-refractivity contribution in [3.8, 4) is 12.1 Å². The Morgan fingerprint density at radius 3 is 2.57 bits per heavy atom. The number of para-hydroxylation sites is 1. The fraction of sp³-hybridized carbons (Fsp3) is 0.0526. The van der Waals surface area contributed by atoms with Gasteiger partial charge in [0.05, 0.1) is 17.7 Å². The first-order chi connectivity index (χ1) is 11.2. The fourth-order valence-electron chi connectivity index (χ4n) is 2.60. The summed E-state index contributed by atoms with van der Waals surface area (Å²) in [5, 5.41) is 19.3. The van der Waals surface area contributed by atoms with Gasteiger partial charge >= 0.3 is 0 Å². The van der Waals surface area contributed by atoms with Crippen LogP contribution in [0.15, 0.2) is 54.7 Å². The van der Waals surface area contributed by atoms with Crippen LogP contribution in [0, 0.1) is 28.5 Å². The van der Waals surface area contributed by atoms with E-state index >= 15 is 0 Å². The smallest absolute Gasteiger partial charge is 0.131 e. The first-order valence-electron chi connectivity index (χ1n) is 7.06. The van der Waals surface area contributed by atoms with E-state index in [2.05, 4.69) is 12.1 Å². The van der Waals surface area contributed by atoms with Crippen LogP contribution in [0.3, 0.4) is 0 Å². The molecular formula is C19H12FN3. The summed E-state index contributed by atoms with van der Waals surface area (Å²) in [7, 11) is 0. The number of allylic oxidation sites excluding steroid dienone is 1. The summed E-state index contributed by atoms with van der Waals surface area (Å²) >= 11 is 0. The highest BCUT2D eigenvalue weighted by molar-refractivity contribution is 5.98. The number of nitriles is 2. The molecule has 0 spiro atoms. The largest absolute Gasteiger partial charge is 0.333 e. The number of benzene rings is 2. The molecule has 0 fully saturated rings. The number of rotatable bonds is 3. The fourth-order valence-corrected chi connectivity index (χ4v) is 2.60. The van der Waals surface area contributed by atoms with Crippen LogP contribution in [-0.2, 0) is 6.54 Å². The number of hydrogen-bond donors (Lipinski definition) is 0. The maximum atomic E-state index is 13.9. The molecule has 0 aliphatic heterocycles. The van der Waals surface area contributed by atoms with E-state index in [0.29, 0.717) is 0 Å². The van der Waals surface area contributed by atoms with Gasteiger partial charge in [0.1, 0.15) is 12.4 Å². The molecule has 3 rings (SSSR count). The number of nitrogens with zero attached hydrogens (tertiary/aromatic N) is 3. The van der Waals surface area contributed by atoms with Crippen LogP contribution in [0.4, 0.5) is 4.39 Å². The molecule has 0 N–H and O–H groups in total. The second-order valence-electron chi connectivity index (χ2n) is 5.04. The summed E-state index contributed by atoms with van der Waals surface area (Å²) < 4.78 is 15.7. The van der Waals surface area contributed by atoms with Crippen LogP contribution in [0.1, 0.15) is 11.1 Å². The van der Waals surface area contributed by atoms with E-state index in [1.165, 1.54) is 6.07 Å². The molecule has 4 heteroatoms. The predicted molar refractivity (Wildman–Crippen MR) is 87.4 cm³/mol. The van der Waals surface area contributed by atoms with Gasteiger partial charge in [0.25, 0.3) is 0 Å². The van der Waals surface area contributed by atoms with Gasteiger partial charge in [0.15, 0.2) is 0 Å². The highest BCUT2D eigenvalue weighted by atomic mass is 19.1. The van der Waals surface area contributed by atoms with Crippen molar-refractivity contribution < 1.29 is 4.39 Å². The van der Waals surface area contributed by atoms with Crippen LogP contribution in [0.5, 0.6) is 0 Å². The lowest BCUT2D eigenvalue weighted by molar-refractivity contribution is 0.624. The van der Waals surface area contributed by atoms with Crippen LogP contribution < -0.4 is 0 Å². The van der Waals surface area contributed by atoms with Gasteiger partial charge in [-0.3, -0.25) is 0 Å². The summed E-state index contributed by atoms with van der Waals surface area (Å²) in [6, 6.07) is 18.0. The summed E-state index contributed by atoms with van der Waals surface area (Å²) in [6.07, 6.45) is 3.47. The second kappa shape index (κ2) is 6.17. The van der Waals surface area contributed by atoms with E-state index in [0.717, 1.165) is 16.5 Å². The molecule has 0 radical (unpaired) electrons. The zero-order chi connectivity index (χ0) is 16.2. The average Bonchev–Trinajstić information content (AvgIpc) is 2.92. The summed E-state index contributed by atoms with van der Waals surface area (Å²) in [4.78, 5) is 0. The van der Waals surface area contributed by atoms with Gasteiger partial charge in [0, 0.05) is 28.2 Å². The van der Waals surface area contributed by atoms with E-state index in [9.17, 15) is 9.65 Å². The van der Waals surface area contributed by atoms with Crippen LogP contribution >= 0.6 is 0 Å². The first-order valence-corrected chi connectivity index (χ1v) is 7.06. The molecule has 23 heavy (non-hydrogen) atoms. The molecule has 110 valence electrons. The molecule has 0 amide bonds. The Morgan fingerprint density at radius 1 is 1.09 bits per heavy atom. The molecule has 1 heterocycles. The van der Waals surface area contributed by atoms with Crippen molar-refractivity contribution in [3.63, 3.8) is 0 Å². The minimum atomic E-state index is -0.430. The lowest BCUT2D eigenvalue weighted by Crippen LogP contribution is -1.91. The van der Waals surface area contributed by atoms with Gasteiger partial charge in [-0.05, 0) is 18.2 Å². The normalized spacial score (nSPS) is 11.2. The van der Waals surface area contributed by atoms with Crippen molar-refractivity contribution in [2.24, 2.45) is 0 Å². The van der Waals surface area contributed by atoms with Crippen molar-refractivity contribution >= 4 is 22.6 Å². The van der Waals surface area contributed by atoms with Crippen molar-refractivity contribution in [2.75, 3.05) is 0 Å². The molecule has 2 aromatic carbocycles. The molecule has 0 saturated carbocycles. The topological polar surface area (TPSA) is 52.5 Å². The molecule has 3 aromatic rings.